The first-order valence-corrected chi connectivity index (χ1v) is 12.5. The fourth-order valence-corrected chi connectivity index (χ4v) is 6.31. The number of hydrogen-bond acceptors (Lipinski definition) is 5. The second-order valence-corrected chi connectivity index (χ2v) is 11.1. The third-order valence-corrected chi connectivity index (χ3v) is 7.88. The maximum atomic E-state index is 13.2. The van der Waals surface area contributed by atoms with Crippen LogP contribution in [0.15, 0.2) is 24.3 Å². The zero-order chi connectivity index (χ0) is 20.3. The minimum atomic E-state index is -3.03. The Bertz CT molecular complexity index is 933. The molecular formula is C21H28N2O3S2. The van der Waals surface area contributed by atoms with Crippen molar-refractivity contribution in [3.8, 4) is 11.3 Å². The number of sulfone groups is 1. The molecule has 0 aliphatic carbocycles. The molecule has 0 radical (unpaired) electrons. The Morgan fingerprint density at radius 2 is 1.96 bits per heavy atom. The fraction of sp³-hybridized carbons (Fsp3) is 0.524. The van der Waals surface area contributed by atoms with E-state index in [2.05, 4.69) is 11.9 Å². The maximum absolute atomic E-state index is 13.2. The average Bonchev–Trinajstić information content (AvgIpc) is 3.18. The normalized spacial score (nSPS) is 18.3. The molecule has 0 spiro atoms. The molecule has 3 rings (SSSR count). The number of amides is 1. The van der Waals surface area contributed by atoms with E-state index in [1.807, 2.05) is 43.0 Å². The third-order valence-electron chi connectivity index (χ3n) is 5.16. The summed E-state index contributed by atoms with van der Waals surface area (Å²) in [5, 5.41) is 0.932. The molecule has 1 atom stereocenters. The second-order valence-electron chi connectivity index (χ2n) is 7.55. The van der Waals surface area contributed by atoms with E-state index in [-0.39, 0.29) is 29.9 Å². The summed E-state index contributed by atoms with van der Waals surface area (Å²) in [6.07, 6.45) is 2.67. The lowest BCUT2D eigenvalue weighted by atomic mass is 10.1. The van der Waals surface area contributed by atoms with E-state index >= 15 is 0 Å². The molecule has 1 aliphatic heterocycles. The third kappa shape index (κ3) is 5.00. The van der Waals surface area contributed by atoms with Gasteiger partial charge in [-0.05, 0) is 26.7 Å². The highest BCUT2D eigenvalue weighted by atomic mass is 32.2. The van der Waals surface area contributed by atoms with Gasteiger partial charge in [0.25, 0.3) is 0 Å². The highest BCUT2D eigenvalue weighted by molar-refractivity contribution is 7.91. The van der Waals surface area contributed by atoms with E-state index < -0.39 is 9.84 Å². The van der Waals surface area contributed by atoms with Crippen LogP contribution in [0.1, 0.15) is 41.6 Å². The second kappa shape index (κ2) is 8.74. The number of unbranched alkanes of at least 4 members (excludes halogenated alkanes) is 1. The molecule has 0 saturated carbocycles. The zero-order valence-electron chi connectivity index (χ0n) is 16.8. The van der Waals surface area contributed by atoms with Gasteiger partial charge in [0.1, 0.15) is 0 Å². The van der Waals surface area contributed by atoms with Crippen LogP contribution in [0.3, 0.4) is 0 Å². The van der Waals surface area contributed by atoms with E-state index in [0.717, 1.165) is 34.0 Å². The molecule has 0 bridgehead atoms. The van der Waals surface area contributed by atoms with Crippen LogP contribution in [-0.2, 0) is 21.1 Å². The van der Waals surface area contributed by atoms with Gasteiger partial charge in [-0.1, -0.05) is 43.2 Å². The van der Waals surface area contributed by atoms with Crippen LogP contribution >= 0.6 is 11.3 Å². The van der Waals surface area contributed by atoms with E-state index in [1.54, 1.807) is 11.3 Å². The van der Waals surface area contributed by atoms with Gasteiger partial charge >= 0.3 is 0 Å². The molecule has 152 valence electrons. The summed E-state index contributed by atoms with van der Waals surface area (Å²) in [4.78, 5) is 20.6. The Labute approximate surface area is 171 Å². The van der Waals surface area contributed by atoms with Crippen molar-refractivity contribution in [1.82, 2.24) is 9.88 Å². The molecule has 2 aromatic rings. The van der Waals surface area contributed by atoms with Crippen molar-refractivity contribution in [3.63, 3.8) is 0 Å². The lowest BCUT2D eigenvalue weighted by molar-refractivity contribution is -0.132. The summed E-state index contributed by atoms with van der Waals surface area (Å²) in [7, 11) is -3.03. The Kier molecular flexibility index (Phi) is 6.55. The highest BCUT2D eigenvalue weighted by Gasteiger charge is 2.34. The molecule has 7 heteroatoms. The molecule has 1 amide bonds. The first-order valence-electron chi connectivity index (χ1n) is 9.82. The Morgan fingerprint density at radius 3 is 2.57 bits per heavy atom. The summed E-state index contributed by atoms with van der Waals surface area (Å²) < 4.78 is 23.8. The van der Waals surface area contributed by atoms with E-state index in [1.165, 1.54) is 5.56 Å². The van der Waals surface area contributed by atoms with Crippen LogP contribution in [-0.4, -0.2) is 48.3 Å². The molecular weight excluding hydrogens is 392 g/mol. The number of benzene rings is 1. The number of thiazole rings is 1. The van der Waals surface area contributed by atoms with Crippen LogP contribution in [0.5, 0.6) is 0 Å². The molecule has 1 aliphatic rings. The van der Waals surface area contributed by atoms with Crippen molar-refractivity contribution < 1.29 is 13.2 Å². The Hall–Kier alpha value is -1.73. The topological polar surface area (TPSA) is 67.3 Å². The quantitative estimate of drug-likeness (QED) is 0.684. The molecule has 0 N–H and O–H groups in total. The molecule has 1 unspecified atom stereocenters. The molecule has 1 saturated heterocycles. The van der Waals surface area contributed by atoms with Crippen molar-refractivity contribution in [1.29, 1.82) is 0 Å². The van der Waals surface area contributed by atoms with Crippen molar-refractivity contribution in [2.24, 2.45) is 0 Å². The van der Waals surface area contributed by atoms with Gasteiger partial charge in [-0.15, -0.1) is 11.3 Å². The lowest BCUT2D eigenvalue weighted by Gasteiger charge is -2.28. The summed E-state index contributed by atoms with van der Waals surface area (Å²) >= 11 is 1.55. The standard InChI is InChI=1S/C21H28N2O3S2/c1-4-5-11-23(18-10-12-28(25,26)14-18)20(24)13-19-21(22-16(3)27-19)17-8-6-15(2)7-9-17/h6-9,18H,4-5,10-14H2,1-3H3. The summed E-state index contributed by atoms with van der Waals surface area (Å²) in [5.41, 5.74) is 3.06. The van der Waals surface area contributed by atoms with Crippen molar-refractivity contribution in [2.45, 2.75) is 52.5 Å². The van der Waals surface area contributed by atoms with E-state index in [0.29, 0.717) is 13.0 Å². The van der Waals surface area contributed by atoms with Gasteiger partial charge in [-0.25, -0.2) is 13.4 Å². The number of aryl methyl sites for hydroxylation is 2. The van der Waals surface area contributed by atoms with Crippen LogP contribution < -0.4 is 0 Å². The monoisotopic (exact) mass is 420 g/mol. The summed E-state index contributed by atoms with van der Waals surface area (Å²) in [6.45, 7) is 6.69. The minimum Gasteiger partial charge on any atom is -0.338 e. The number of aromatic nitrogens is 1. The number of carbonyl (C=O) groups is 1. The van der Waals surface area contributed by atoms with Gasteiger partial charge < -0.3 is 4.90 Å². The average molecular weight is 421 g/mol. The van der Waals surface area contributed by atoms with Crippen LogP contribution in [0, 0.1) is 13.8 Å². The smallest absolute Gasteiger partial charge is 0.228 e. The maximum Gasteiger partial charge on any atom is 0.228 e. The predicted octanol–water partition coefficient (Wildman–Crippen LogP) is 3.79. The van der Waals surface area contributed by atoms with Crippen molar-refractivity contribution in [3.05, 3.63) is 39.7 Å². The minimum absolute atomic E-state index is 0.00700. The molecule has 28 heavy (non-hydrogen) atoms. The van der Waals surface area contributed by atoms with Crippen molar-refractivity contribution >= 4 is 27.1 Å². The SMILES string of the molecule is CCCCN(C(=O)Cc1sc(C)nc1-c1ccc(C)cc1)C1CCS(=O)(=O)C1. The Morgan fingerprint density at radius 1 is 1.25 bits per heavy atom. The number of hydrogen-bond donors (Lipinski definition) is 0. The van der Waals surface area contributed by atoms with Crippen LogP contribution in [0.2, 0.25) is 0 Å². The molecule has 2 heterocycles. The molecule has 1 aromatic heterocycles. The van der Waals surface area contributed by atoms with Crippen LogP contribution in [0.4, 0.5) is 0 Å². The van der Waals surface area contributed by atoms with Gasteiger partial charge in [0.15, 0.2) is 9.84 Å². The number of rotatable bonds is 7. The first-order chi connectivity index (χ1) is 13.3. The van der Waals surface area contributed by atoms with Gasteiger partial charge in [0.2, 0.25) is 5.91 Å². The van der Waals surface area contributed by atoms with Gasteiger partial charge in [-0.2, -0.15) is 0 Å². The van der Waals surface area contributed by atoms with Crippen molar-refractivity contribution in [2.75, 3.05) is 18.1 Å². The lowest BCUT2D eigenvalue weighted by Crippen LogP contribution is -2.42. The predicted molar refractivity (Wildman–Crippen MR) is 114 cm³/mol. The number of nitrogens with zero attached hydrogens (tertiary/aromatic N) is 2. The Balaban J connectivity index is 1.82. The first kappa shape index (κ1) is 21.0. The zero-order valence-corrected chi connectivity index (χ0v) is 18.4. The summed E-state index contributed by atoms with van der Waals surface area (Å²) in [5.74, 6) is 0.282. The molecule has 1 aromatic carbocycles. The van der Waals surface area contributed by atoms with Gasteiger partial charge in [0, 0.05) is 23.0 Å². The van der Waals surface area contributed by atoms with E-state index in [4.69, 9.17) is 0 Å². The highest BCUT2D eigenvalue weighted by Crippen LogP contribution is 2.30. The number of carbonyl (C=O) groups excluding carboxylic acids is 1. The van der Waals surface area contributed by atoms with E-state index in [9.17, 15) is 13.2 Å². The largest absolute Gasteiger partial charge is 0.338 e. The fourth-order valence-electron chi connectivity index (χ4n) is 3.63. The van der Waals surface area contributed by atoms with Gasteiger partial charge in [-0.3, -0.25) is 4.79 Å². The van der Waals surface area contributed by atoms with Gasteiger partial charge in [0.05, 0.1) is 28.6 Å². The summed E-state index contributed by atoms with van der Waals surface area (Å²) in [6, 6.07) is 7.98. The van der Waals surface area contributed by atoms with Crippen LogP contribution in [0.25, 0.3) is 11.3 Å². The molecule has 1 fully saturated rings. The molecule has 5 nitrogen and oxygen atoms in total.